The van der Waals surface area contributed by atoms with Crippen molar-refractivity contribution in [2.45, 2.75) is 25.7 Å². The summed E-state index contributed by atoms with van der Waals surface area (Å²) in [6, 6.07) is 3.82. The zero-order valence-corrected chi connectivity index (χ0v) is 12.0. The van der Waals surface area contributed by atoms with Gasteiger partial charge in [-0.05, 0) is 18.2 Å². The Bertz CT molecular complexity index is 565. The minimum absolute atomic E-state index is 0.0396. The van der Waals surface area contributed by atoms with E-state index in [1.165, 1.54) is 29.4 Å². The van der Waals surface area contributed by atoms with E-state index in [0.717, 1.165) is 0 Å². The topological polar surface area (TPSA) is 86.7 Å². The van der Waals surface area contributed by atoms with Crippen LogP contribution in [0.15, 0.2) is 23.1 Å². The van der Waals surface area contributed by atoms with Crippen molar-refractivity contribution in [2.75, 3.05) is 18.4 Å². The molecule has 1 amide bonds. The summed E-state index contributed by atoms with van der Waals surface area (Å²) in [5.74, 6) is -0.554. The van der Waals surface area contributed by atoms with Gasteiger partial charge in [-0.3, -0.25) is 4.79 Å². The second-order valence-corrected chi connectivity index (χ2v) is 5.89. The number of anilines is 1. The van der Waals surface area contributed by atoms with Crippen molar-refractivity contribution in [3.05, 3.63) is 18.2 Å². The number of nitrogens with zero attached hydrogens (tertiary/aromatic N) is 1. The first-order chi connectivity index (χ1) is 8.82. The fourth-order valence-corrected chi connectivity index (χ4v) is 3.16. The van der Waals surface area contributed by atoms with Gasteiger partial charge in [0, 0.05) is 20.0 Å². The molecule has 1 aromatic rings. The summed E-state index contributed by atoms with van der Waals surface area (Å²) in [5, 5.41) is 12.0. The predicted octanol–water partition coefficient (Wildman–Crippen LogP) is 1.38. The first-order valence-corrected chi connectivity index (χ1v) is 7.37. The maximum atomic E-state index is 12.3. The fourth-order valence-electron chi connectivity index (χ4n) is 1.68. The number of carbonyl (C=O) groups is 1. The molecule has 6 nitrogen and oxygen atoms in total. The molecule has 7 heteroatoms. The van der Waals surface area contributed by atoms with Gasteiger partial charge in [0.1, 0.15) is 5.75 Å². The zero-order chi connectivity index (χ0) is 14.6. The smallest absolute Gasteiger partial charge is 0.243 e. The van der Waals surface area contributed by atoms with Crippen molar-refractivity contribution in [3.8, 4) is 5.75 Å². The van der Waals surface area contributed by atoms with E-state index in [4.69, 9.17) is 0 Å². The summed E-state index contributed by atoms with van der Waals surface area (Å²) in [4.78, 5) is 11.0. The average molecular weight is 286 g/mol. The molecular weight excluding hydrogens is 268 g/mol. The molecule has 1 rings (SSSR count). The number of phenolic OH excluding ortho intramolecular Hbond substituents is 1. The molecular formula is C12H18N2O4S. The number of carbonyl (C=O) groups excluding carboxylic acids is 1. The van der Waals surface area contributed by atoms with Gasteiger partial charge in [-0.1, -0.05) is 13.8 Å². The standard InChI is InChI=1S/C12H18N2O4S/c1-4-14(5-2)19(17,18)10-6-7-12(16)11(8-10)13-9(3)15/h6-8,16H,4-5H2,1-3H3,(H,13,15). The predicted molar refractivity (Wildman–Crippen MR) is 72.5 cm³/mol. The lowest BCUT2D eigenvalue weighted by Gasteiger charge is -2.19. The Hall–Kier alpha value is -1.60. The molecule has 0 aromatic heterocycles. The fraction of sp³-hybridized carbons (Fsp3) is 0.417. The Morgan fingerprint density at radius 3 is 2.37 bits per heavy atom. The highest BCUT2D eigenvalue weighted by molar-refractivity contribution is 7.89. The van der Waals surface area contributed by atoms with Gasteiger partial charge < -0.3 is 10.4 Å². The van der Waals surface area contributed by atoms with Crippen molar-refractivity contribution in [1.29, 1.82) is 0 Å². The SMILES string of the molecule is CCN(CC)S(=O)(=O)c1ccc(O)c(NC(C)=O)c1. The third kappa shape index (κ3) is 3.45. The highest BCUT2D eigenvalue weighted by atomic mass is 32.2. The van der Waals surface area contributed by atoms with Gasteiger partial charge in [0.05, 0.1) is 10.6 Å². The van der Waals surface area contributed by atoms with Crippen LogP contribution in [0.3, 0.4) is 0 Å². The van der Waals surface area contributed by atoms with Crippen LogP contribution in [0.5, 0.6) is 5.75 Å². The molecule has 0 radical (unpaired) electrons. The number of phenols is 1. The lowest BCUT2D eigenvalue weighted by atomic mass is 10.3. The van der Waals surface area contributed by atoms with Crippen LogP contribution in [0.25, 0.3) is 0 Å². The Balaban J connectivity index is 3.25. The number of nitrogens with one attached hydrogen (secondary N) is 1. The third-order valence-electron chi connectivity index (χ3n) is 2.62. The van der Waals surface area contributed by atoms with E-state index in [1.807, 2.05) is 0 Å². The van der Waals surface area contributed by atoms with E-state index in [1.54, 1.807) is 13.8 Å². The Morgan fingerprint density at radius 1 is 1.32 bits per heavy atom. The zero-order valence-electron chi connectivity index (χ0n) is 11.2. The molecule has 0 saturated carbocycles. The van der Waals surface area contributed by atoms with Gasteiger partial charge >= 0.3 is 0 Å². The van der Waals surface area contributed by atoms with Crippen molar-refractivity contribution in [2.24, 2.45) is 0 Å². The van der Waals surface area contributed by atoms with Gasteiger partial charge in [0.25, 0.3) is 0 Å². The van der Waals surface area contributed by atoms with Crippen LogP contribution in [-0.4, -0.2) is 36.8 Å². The molecule has 0 bridgehead atoms. The quantitative estimate of drug-likeness (QED) is 0.801. The number of rotatable bonds is 5. The van der Waals surface area contributed by atoms with Crippen LogP contribution in [0, 0.1) is 0 Å². The normalized spacial score (nSPS) is 11.6. The van der Waals surface area contributed by atoms with Crippen LogP contribution in [0.4, 0.5) is 5.69 Å². The number of sulfonamides is 1. The minimum Gasteiger partial charge on any atom is -0.506 e. The molecule has 2 N–H and O–H groups in total. The molecule has 106 valence electrons. The molecule has 0 spiro atoms. The van der Waals surface area contributed by atoms with Crippen LogP contribution in [0.1, 0.15) is 20.8 Å². The molecule has 0 saturated heterocycles. The lowest BCUT2D eigenvalue weighted by Crippen LogP contribution is -2.30. The van der Waals surface area contributed by atoms with Crippen LogP contribution >= 0.6 is 0 Å². The molecule has 0 heterocycles. The van der Waals surface area contributed by atoms with Gasteiger partial charge in [0.15, 0.2) is 0 Å². The average Bonchev–Trinajstić information content (AvgIpc) is 2.32. The molecule has 19 heavy (non-hydrogen) atoms. The third-order valence-corrected chi connectivity index (χ3v) is 4.67. The van der Waals surface area contributed by atoms with Gasteiger partial charge in [-0.15, -0.1) is 0 Å². The molecule has 0 atom stereocenters. The van der Waals surface area contributed by atoms with Crippen molar-refractivity contribution >= 4 is 21.6 Å². The van der Waals surface area contributed by atoms with E-state index in [-0.39, 0.29) is 22.2 Å². The van der Waals surface area contributed by atoms with Crippen LogP contribution in [-0.2, 0) is 14.8 Å². The van der Waals surface area contributed by atoms with E-state index in [9.17, 15) is 18.3 Å². The maximum absolute atomic E-state index is 12.3. The molecule has 0 aliphatic rings. The number of hydrogen-bond donors (Lipinski definition) is 2. The largest absolute Gasteiger partial charge is 0.506 e. The number of hydrogen-bond acceptors (Lipinski definition) is 4. The summed E-state index contributed by atoms with van der Waals surface area (Å²) in [5.41, 5.74) is 0.0840. The number of aromatic hydroxyl groups is 1. The van der Waals surface area contributed by atoms with Gasteiger partial charge in [-0.2, -0.15) is 4.31 Å². The van der Waals surface area contributed by atoms with Crippen molar-refractivity contribution in [3.63, 3.8) is 0 Å². The monoisotopic (exact) mass is 286 g/mol. The van der Waals surface area contributed by atoms with E-state index in [0.29, 0.717) is 13.1 Å². The first kappa shape index (κ1) is 15.5. The van der Waals surface area contributed by atoms with Gasteiger partial charge in [-0.25, -0.2) is 8.42 Å². The molecule has 0 aliphatic heterocycles. The lowest BCUT2D eigenvalue weighted by molar-refractivity contribution is -0.114. The van der Waals surface area contributed by atoms with Crippen molar-refractivity contribution < 1.29 is 18.3 Å². The highest BCUT2D eigenvalue weighted by Gasteiger charge is 2.22. The first-order valence-electron chi connectivity index (χ1n) is 5.93. The number of amides is 1. The van der Waals surface area contributed by atoms with Crippen LogP contribution in [0.2, 0.25) is 0 Å². The summed E-state index contributed by atoms with van der Waals surface area (Å²) in [7, 11) is -3.61. The second kappa shape index (κ2) is 6.03. The van der Waals surface area contributed by atoms with E-state index >= 15 is 0 Å². The number of benzene rings is 1. The summed E-state index contributed by atoms with van der Waals surface area (Å²) < 4.78 is 25.9. The van der Waals surface area contributed by atoms with Crippen molar-refractivity contribution in [1.82, 2.24) is 4.31 Å². The summed E-state index contributed by atoms with van der Waals surface area (Å²) in [6.07, 6.45) is 0. The summed E-state index contributed by atoms with van der Waals surface area (Å²) >= 11 is 0. The molecule has 0 aliphatic carbocycles. The van der Waals surface area contributed by atoms with Crippen LogP contribution < -0.4 is 5.32 Å². The van der Waals surface area contributed by atoms with E-state index in [2.05, 4.69) is 5.32 Å². The molecule has 1 aromatic carbocycles. The Labute approximate surface area is 113 Å². The maximum Gasteiger partial charge on any atom is 0.243 e. The summed E-state index contributed by atoms with van der Waals surface area (Å²) in [6.45, 7) is 5.49. The van der Waals surface area contributed by atoms with E-state index < -0.39 is 10.0 Å². The highest BCUT2D eigenvalue weighted by Crippen LogP contribution is 2.27. The molecule has 0 fully saturated rings. The second-order valence-electron chi connectivity index (χ2n) is 3.95. The Kier molecular flexibility index (Phi) is 4.90. The molecule has 0 unspecified atom stereocenters. The minimum atomic E-state index is -3.61. The van der Waals surface area contributed by atoms with Gasteiger partial charge in [0.2, 0.25) is 15.9 Å². The Morgan fingerprint density at radius 2 is 1.89 bits per heavy atom.